The van der Waals surface area contributed by atoms with Gasteiger partial charge in [-0.25, -0.2) is 4.98 Å². The maximum atomic E-state index is 11.2. The lowest BCUT2D eigenvalue weighted by Crippen LogP contribution is -2.25. The lowest BCUT2D eigenvalue weighted by molar-refractivity contribution is 0.0944. The smallest absolute Gasteiger partial charge is 0.287 e. The first kappa shape index (κ1) is 8.52. The van der Waals surface area contributed by atoms with E-state index in [9.17, 15) is 4.79 Å². The molecule has 1 N–H and O–H groups in total. The minimum atomic E-state index is -0.178. The van der Waals surface area contributed by atoms with E-state index in [0.29, 0.717) is 12.4 Å². The van der Waals surface area contributed by atoms with Crippen molar-refractivity contribution in [2.45, 2.75) is 0 Å². The zero-order valence-corrected chi connectivity index (χ0v) is 6.95. The van der Waals surface area contributed by atoms with Gasteiger partial charge in [-0.2, -0.15) is 0 Å². The minimum absolute atomic E-state index is 0.178. The largest absolute Gasteiger partial charge is 0.346 e. The highest BCUT2D eigenvalue weighted by atomic mass is 16.2. The summed E-state index contributed by atoms with van der Waals surface area (Å²) in [5.74, 6) is 0.235. The van der Waals surface area contributed by atoms with Gasteiger partial charge in [0, 0.05) is 26.0 Å². The number of aromatic nitrogens is 2. The van der Waals surface area contributed by atoms with Crippen LogP contribution < -0.4 is 5.32 Å². The molecule has 0 aliphatic rings. The number of hydrogen-bond acceptors (Lipinski definition) is 2. The van der Waals surface area contributed by atoms with Crippen molar-refractivity contribution in [1.82, 2.24) is 14.9 Å². The molecule has 1 heterocycles. The van der Waals surface area contributed by atoms with Crippen LogP contribution in [0.5, 0.6) is 0 Å². The van der Waals surface area contributed by atoms with E-state index in [-0.39, 0.29) is 5.91 Å². The van der Waals surface area contributed by atoms with Crippen molar-refractivity contribution in [3.05, 3.63) is 30.9 Å². The van der Waals surface area contributed by atoms with E-state index in [4.69, 9.17) is 0 Å². The molecule has 1 rings (SSSR count). The van der Waals surface area contributed by atoms with Crippen LogP contribution in [0.25, 0.3) is 0 Å². The highest BCUT2D eigenvalue weighted by molar-refractivity contribution is 5.90. The van der Waals surface area contributed by atoms with E-state index in [1.807, 2.05) is 0 Å². The van der Waals surface area contributed by atoms with Crippen molar-refractivity contribution >= 4 is 5.91 Å². The summed E-state index contributed by atoms with van der Waals surface area (Å²) in [5.41, 5.74) is 0. The topological polar surface area (TPSA) is 46.9 Å². The second-order valence-corrected chi connectivity index (χ2v) is 2.36. The Kier molecular flexibility index (Phi) is 2.63. The molecule has 0 radical (unpaired) electrons. The summed E-state index contributed by atoms with van der Waals surface area (Å²) in [5, 5.41) is 2.64. The SMILES string of the molecule is C=CCNC(=O)c1nccn1C. The van der Waals surface area contributed by atoms with Crippen LogP contribution in [-0.4, -0.2) is 22.0 Å². The molecule has 1 amide bonds. The molecule has 0 fully saturated rings. The van der Waals surface area contributed by atoms with Gasteiger partial charge in [0.1, 0.15) is 0 Å². The fourth-order valence-corrected chi connectivity index (χ4v) is 0.828. The Bertz CT molecular complexity index is 290. The van der Waals surface area contributed by atoms with Gasteiger partial charge in [0.2, 0.25) is 0 Å². The van der Waals surface area contributed by atoms with Crippen molar-refractivity contribution in [1.29, 1.82) is 0 Å². The summed E-state index contributed by atoms with van der Waals surface area (Å²) in [4.78, 5) is 15.1. The second kappa shape index (κ2) is 3.71. The van der Waals surface area contributed by atoms with Crippen LogP contribution in [0.2, 0.25) is 0 Å². The third-order valence-electron chi connectivity index (χ3n) is 1.43. The van der Waals surface area contributed by atoms with Gasteiger partial charge in [0.05, 0.1) is 0 Å². The van der Waals surface area contributed by atoms with E-state index in [2.05, 4.69) is 16.9 Å². The van der Waals surface area contributed by atoms with E-state index in [1.165, 1.54) is 0 Å². The molecule has 0 bridgehead atoms. The summed E-state index contributed by atoms with van der Waals surface area (Å²) in [7, 11) is 1.77. The predicted molar refractivity (Wildman–Crippen MR) is 45.7 cm³/mol. The van der Waals surface area contributed by atoms with Gasteiger partial charge in [-0.05, 0) is 0 Å². The number of aryl methyl sites for hydroxylation is 1. The zero-order valence-electron chi connectivity index (χ0n) is 6.95. The van der Waals surface area contributed by atoms with Gasteiger partial charge < -0.3 is 9.88 Å². The number of nitrogens with zero attached hydrogens (tertiary/aromatic N) is 2. The monoisotopic (exact) mass is 165 g/mol. The Labute approximate surface area is 70.9 Å². The Morgan fingerprint density at radius 3 is 3.17 bits per heavy atom. The van der Waals surface area contributed by atoms with Crippen molar-refractivity contribution < 1.29 is 4.79 Å². The summed E-state index contributed by atoms with van der Waals surface area (Å²) in [6.45, 7) is 3.96. The van der Waals surface area contributed by atoms with Gasteiger partial charge in [0.25, 0.3) is 5.91 Å². The van der Waals surface area contributed by atoms with Gasteiger partial charge in [-0.1, -0.05) is 6.08 Å². The molecule has 0 spiro atoms. The average Bonchev–Trinajstić information content (AvgIpc) is 2.47. The van der Waals surface area contributed by atoms with E-state index >= 15 is 0 Å². The Morgan fingerprint density at radius 1 is 1.92 bits per heavy atom. The van der Waals surface area contributed by atoms with Crippen LogP contribution in [0.4, 0.5) is 0 Å². The van der Waals surface area contributed by atoms with E-state index < -0.39 is 0 Å². The van der Waals surface area contributed by atoms with Gasteiger partial charge in [0.15, 0.2) is 5.82 Å². The number of amides is 1. The van der Waals surface area contributed by atoms with Crippen LogP contribution in [0.1, 0.15) is 10.6 Å². The highest BCUT2D eigenvalue weighted by Crippen LogP contribution is 1.92. The third-order valence-corrected chi connectivity index (χ3v) is 1.43. The van der Waals surface area contributed by atoms with Gasteiger partial charge in [-0.15, -0.1) is 6.58 Å². The molecule has 64 valence electrons. The van der Waals surface area contributed by atoms with Crippen molar-refractivity contribution in [3.63, 3.8) is 0 Å². The molecule has 1 aromatic rings. The Morgan fingerprint density at radius 2 is 2.67 bits per heavy atom. The molecule has 0 aliphatic carbocycles. The Hall–Kier alpha value is -1.58. The first-order valence-corrected chi connectivity index (χ1v) is 3.62. The Balaban J connectivity index is 2.65. The number of carbonyl (C=O) groups excluding carboxylic acids is 1. The molecule has 0 saturated heterocycles. The first-order valence-electron chi connectivity index (χ1n) is 3.62. The lowest BCUT2D eigenvalue weighted by atomic mass is 10.5. The maximum absolute atomic E-state index is 11.2. The molecular formula is C8H11N3O. The molecule has 12 heavy (non-hydrogen) atoms. The van der Waals surface area contributed by atoms with Gasteiger partial charge in [-0.3, -0.25) is 4.79 Å². The minimum Gasteiger partial charge on any atom is -0.346 e. The van der Waals surface area contributed by atoms with E-state index in [1.54, 1.807) is 30.1 Å². The summed E-state index contributed by atoms with van der Waals surface area (Å²) < 4.78 is 1.67. The summed E-state index contributed by atoms with van der Waals surface area (Å²) >= 11 is 0. The van der Waals surface area contributed by atoms with Gasteiger partial charge >= 0.3 is 0 Å². The quantitative estimate of drug-likeness (QED) is 0.656. The number of imidazole rings is 1. The van der Waals surface area contributed by atoms with Crippen LogP contribution >= 0.6 is 0 Å². The second-order valence-electron chi connectivity index (χ2n) is 2.36. The van der Waals surface area contributed by atoms with Crippen molar-refractivity contribution in [2.24, 2.45) is 7.05 Å². The molecule has 0 saturated carbocycles. The van der Waals surface area contributed by atoms with Crippen LogP contribution in [0.3, 0.4) is 0 Å². The van der Waals surface area contributed by atoms with Crippen LogP contribution in [-0.2, 0) is 7.05 Å². The third kappa shape index (κ3) is 1.72. The predicted octanol–water partition coefficient (Wildman–Crippen LogP) is 0.336. The van der Waals surface area contributed by atoms with Crippen molar-refractivity contribution in [2.75, 3.05) is 6.54 Å². The average molecular weight is 165 g/mol. The normalized spacial score (nSPS) is 9.42. The van der Waals surface area contributed by atoms with Crippen molar-refractivity contribution in [3.8, 4) is 0 Å². The molecule has 0 aliphatic heterocycles. The standard InChI is InChI=1S/C8H11N3O/c1-3-4-10-8(12)7-9-5-6-11(7)2/h3,5-6H,1,4H2,2H3,(H,10,12). The van der Waals surface area contributed by atoms with Crippen LogP contribution in [0.15, 0.2) is 25.0 Å². The van der Waals surface area contributed by atoms with Crippen LogP contribution in [0, 0.1) is 0 Å². The highest BCUT2D eigenvalue weighted by Gasteiger charge is 2.07. The molecule has 0 unspecified atom stereocenters. The maximum Gasteiger partial charge on any atom is 0.287 e. The molecule has 0 atom stereocenters. The first-order chi connectivity index (χ1) is 5.75. The number of nitrogens with one attached hydrogen (secondary N) is 1. The van der Waals surface area contributed by atoms with E-state index in [0.717, 1.165) is 0 Å². The number of carbonyl (C=O) groups is 1. The zero-order chi connectivity index (χ0) is 8.97. The fourth-order valence-electron chi connectivity index (χ4n) is 0.828. The lowest BCUT2D eigenvalue weighted by Gasteiger charge is -2.00. The summed E-state index contributed by atoms with van der Waals surface area (Å²) in [6.07, 6.45) is 4.94. The molecule has 4 heteroatoms. The molecule has 0 aromatic carbocycles. The summed E-state index contributed by atoms with van der Waals surface area (Å²) in [6, 6.07) is 0. The fraction of sp³-hybridized carbons (Fsp3) is 0.250. The number of hydrogen-bond donors (Lipinski definition) is 1. The molecule has 4 nitrogen and oxygen atoms in total. The molecular weight excluding hydrogens is 154 g/mol. The number of rotatable bonds is 3. The molecule has 1 aromatic heterocycles.